The molecule has 1 nitrogen and oxygen atoms in total. The molecule has 0 unspecified atom stereocenters. The van der Waals surface area contributed by atoms with Crippen LogP contribution in [0.2, 0.25) is 0 Å². The molecule has 0 aliphatic carbocycles. The van der Waals surface area contributed by atoms with Crippen molar-refractivity contribution in [3.8, 4) is 11.1 Å². The molecule has 0 aliphatic heterocycles. The summed E-state index contributed by atoms with van der Waals surface area (Å²) in [6.45, 7) is 0. The van der Waals surface area contributed by atoms with Gasteiger partial charge in [-0.2, -0.15) is 11.3 Å². The molecule has 0 spiro atoms. The van der Waals surface area contributed by atoms with Crippen molar-refractivity contribution in [3.05, 3.63) is 52.7 Å². The first kappa shape index (κ1) is 9.87. The molecule has 0 bridgehead atoms. The zero-order chi connectivity index (χ0) is 10.5. The molecule has 1 heterocycles. The molecule has 0 saturated heterocycles. The Hall–Kier alpha value is -1.67. The van der Waals surface area contributed by atoms with Crippen LogP contribution in [0.5, 0.6) is 0 Å². The quantitative estimate of drug-likeness (QED) is 0.563. The zero-order valence-electron chi connectivity index (χ0n) is 8.09. The molecule has 74 valence electrons. The van der Waals surface area contributed by atoms with Crippen molar-refractivity contribution in [2.24, 2.45) is 0 Å². The maximum atomic E-state index is 10.2. The van der Waals surface area contributed by atoms with Gasteiger partial charge in [-0.3, -0.25) is 4.79 Å². The number of benzene rings is 1. The Balaban J connectivity index is 2.34. The third-order valence-electron chi connectivity index (χ3n) is 2.11. The van der Waals surface area contributed by atoms with Crippen LogP contribution in [0.25, 0.3) is 17.2 Å². The van der Waals surface area contributed by atoms with E-state index in [1.165, 1.54) is 17.2 Å². The highest BCUT2D eigenvalue weighted by molar-refractivity contribution is 7.08. The summed E-state index contributed by atoms with van der Waals surface area (Å²) in [5.74, 6) is 0. The minimum absolute atomic E-state index is 0.789. The number of hydrogen-bond acceptors (Lipinski definition) is 2. The van der Waals surface area contributed by atoms with E-state index in [1.54, 1.807) is 11.3 Å². The third kappa shape index (κ3) is 2.42. The fourth-order valence-electron chi connectivity index (χ4n) is 1.40. The summed E-state index contributed by atoms with van der Waals surface area (Å²) in [5.41, 5.74) is 3.46. The number of aldehydes is 1. The van der Waals surface area contributed by atoms with E-state index >= 15 is 0 Å². The lowest BCUT2D eigenvalue weighted by Gasteiger charge is -1.99. The number of hydrogen-bond donors (Lipinski definition) is 0. The first-order valence-corrected chi connectivity index (χ1v) is 5.59. The molecule has 0 radical (unpaired) electrons. The molecule has 0 saturated carbocycles. The van der Waals surface area contributed by atoms with Crippen LogP contribution in [0.4, 0.5) is 0 Å². The summed E-state index contributed by atoms with van der Waals surface area (Å²) in [6, 6.07) is 10.2. The van der Waals surface area contributed by atoms with Crippen LogP contribution in [0, 0.1) is 0 Å². The molecule has 2 aromatic rings. The van der Waals surface area contributed by atoms with E-state index in [0.29, 0.717) is 0 Å². The molecule has 0 atom stereocenters. The molecular weight excluding hydrogens is 204 g/mol. The Kier molecular flexibility index (Phi) is 3.10. The summed E-state index contributed by atoms with van der Waals surface area (Å²) in [4.78, 5) is 10.2. The first-order valence-electron chi connectivity index (χ1n) is 4.64. The van der Waals surface area contributed by atoms with E-state index in [9.17, 15) is 4.79 Å². The second-order valence-corrected chi connectivity index (χ2v) is 3.91. The van der Waals surface area contributed by atoms with Crippen molar-refractivity contribution in [1.29, 1.82) is 0 Å². The van der Waals surface area contributed by atoms with Gasteiger partial charge < -0.3 is 0 Å². The van der Waals surface area contributed by atoms with Gasteiger partial charge in [0.15, 0.2) is 0 Å². The number of carbonyl (C=O) groups is 1. The highest BCUT2D eigenvalue weighted by Crippen LogP contribution is 2.23. The zero-order valence-corrected chi connectivity index (χ0v) is 8.91. The molecule has 2 rings (SSSR count). The van der Waals surface area contributed by atoms with Crippen LogP contribution in [-0.4, -0.2) is 6.29 Å². The second-order valence-electron chi connectivity index (χ2n) is 3.13. The van der Waals surface area contributed by atoms with E-state index in [-0.39, 0.29) is 0 Å². The fraction of sp³-hybridized carbons (Fsp3) is 0. The van der Waals surface area contributed by atoms with E-state index in [0.717, 1.165) is 11.8 Å². The van der Waals surface area contributed by atoms with E-state index in [1.807, 2.05) is 18.2 Å². The third-order valence-corrected chi connectivity index (χ3v) is 2.79. The van der Waals surface area contributed by atoms with E-state index in [2.05, 4.69) is 29.0 Å². The predicted octanol–water partition coefficient (Wildman–Crippen LogP) is 3.63. The van der Waals surface area contributed by atoms with Crippen LogP contribution >= 0.6 is 11.3 Å². The van der Waals surface area contributed by atoms with Crippen molar-refractivity contribution in [3.63, 3.8) is 0 Å². The molecule has 1 aromatic carbocycles. The summed E-state index contributed by atoms with van der Waals surface area (Å²) in [6.07, 6.45) is 4.10. The van der Waals surface area contributed by atoms with Gasteiger partial charge in [0.05, 0.1) is 0 Å². The van der Waals surface area contributed by atoms with Gasteiger partial charge in [-0.15, -0.1) is 0 Å². The lowest BCUT2D eigenvalue weighted by molar-refractivity contribution is -0.104. The Labute approximate surface area is 92.7 Å². The fourth-order valence-corrected chi connectivity index (χ4v) is 2.07. The van der Waals surface area contributed by atoms with Gasteiger partial charge in [0.25, 0.3) is 0 Å². The summed E-state index contributed by atoms with van der Waals surface area (Å²) in [7, 11) is 0. The lowest BCUT2D eigenvalue weighted by Crippen LogP contribution is -1.76. The van der Waals surface area contributed by atoms with Gasteiger partial charge in [-0.25, -0.2) is 0 Å². The number of thiophene rings is 1. The number of rotatable bonds is 3. The topological polar surface area (TPSA) is 17.1 Å². The Morgan fingerprint density at radius 1 is 1.13 bits per heavy atom. The van der Waals surface area contributed by atoms with Gasteiger partial charge >= 0.3 is 0 Å². The van der Waals surface area contributed by atoms with Crippen molar-refractivity contribution in [2.75, 3.05) is 0 Å². The van der Waals surface area contributed by atoms with Crippen LogP contribution in [0.1, 0.15) is 5.56 Å². The van der Waals surface area contributed by atoms with Crippen LogP contribution in [0.15, 0.2) is 47.2 Å². The SMILES string of the molecule is O=C/C=C/c1cccc(-c2ccsc2)c1. The van der Waals surface area contributed by atoms with Gasteiger partial charge in [-0.05, 0) is 45.7 Å². The normalized spacial score (nSPS) is 10.7. The largest absolute Gasteiger partial charge is 0.299 e. The first-order chi connectivity index (χ1) is 7.40. The number of carbonyl (C=O) groups excluding carboxylic acids is 1. The average molecular weight is 214 g/mol. The van der Waals surface area contributed by atoms with Gasteiger partial charge in [0, 0.05) is 0 Å². The summed E-state index contributed by atoms with van der Waals surface area (Å²) in [5, 5.41) is 4.17. The van der Waals surface area contributed by atoms with Crippen molar-refractivity contribution in [2.45, 2.75) is 0 Å². The summed E-state index contributed by atoms with van der Waals surface area (Å²) < 4.78 is 0. The molecular formula is C13H10OS. The van der Waals surface area contributed by atoms with Gasteiger partial charge in [0.2, 0.25) is 0 Å². The predicted molar refractivity (Wildman–Crippen MR) is 64.9 cm³/mol. The van der Waals surface area contributed by atoms with E-state index < -0.39 is 0 Å². The van der Waals surface area contributed by atoms with Gasteiger partial charge in [-0.1, -0.05) is 24.3 Å². The minimum atomic E-state index is 0.789. The highest BCUT2D eigenvalue weighted by atomic mass is 32.1. The van der Waals surface area contributed by atoms with Crippen LogP contribution in [-0.2, 0) is 4.79 Å². The molecule has 0 aliphatic rings. The smallest absolute Gasteiger partial charge is 0.142 e. The monoisotopic (exact) mass is 214 g/mol. The molecule has 15 heavy (non-hydrogen) atoms. The molecule has 0 fully saturated rings. The standard InChI is InChI=1S/C13H10OS/c14-7-2-4-11-3-1-5-12(9-11)13-6-8-15-10-13/h1-10H/b4-2+. The van der Waals surface area contributed by atoms with Crippen molar-refractivity contribution >= 4 is 23.7 Å². The maximum Gasteiger partial charge on any atom is 0.142 e. The average Bonchev–Trinajstić information content (AvgIpc) is 2.80. The Morgan fingerprint density at radius 2 is 2.07 bits per heavy atom. The van der Waals surface area contributed by atoms with Crippen molar-refractivity contribution < 1.29 is 4.79 Å². The molecule has 0 amide bonds. The van der Waals surface area contributed by atoms with E-state index in [4.69, 9.17) is 0 Å². The summed E-state index contributed by atoms with van der Waals surface area (Å²) >= 11 is 1.68. The number of allylic oxidation sites excluding steroid dienone is 1. The molecule has 2 heteroatoms. The van der Waals surface area contributed by atoms with Crippen LogP contribution in [0.3, 0.4) is 0 Å². The maximum absolute atomic E-state index is 10.2. The minimum Gasteiger partial charge on any atom is -0.299 e. The van der Waals surface area contributed by atoms with Crippen LogP contribution < -0.4 is 0 Å². The molecule has 1 aromatic heterocycles. The lowest BCUT2D eigenvalue weighted by atomic mass is 10.1. The Bertz CT molecular complexity index is 469. The highest BCUT2D eigenvalue weighted by Gasteiger charge is 1.97. The molecule has 0 N–H and O–H groups in total. The van der Waals surface area contributed by atoms with Gasteiger partial charge in [0.1, 0.15) is 6.29 Å². The Morgan fingerprint density at radius 3 is 2.80 bits per heavy atom. The van der Waals surface area contributed by atoms with Crippen molar-refractivity contribution in [1.82, 2.24) is 0 Å². The second kappa shape index (κ2) is 4.71.